The van der Waals surface area contributed by atoms with Crippen molar-refractivity contribution >= 4 is 91.4 Å². The van der Waals surface area contributed by atoms with E-state index in [9.17, 15) is 0 Å². The lowest BCUT2D eigenvalue weighted by Crippen LogP contribution is -1.90. The number of thiophene rings is 1. The Morgan fingerprint density at radius 2 is 1.31 bits per heavy atom. The van der Waals surface area contributed by atoms with E-state index in [1.165, 1.54) is 68.9 Å². The number of aromatic nitrogens is 1. The molecule has 0 aliphatic rings. The first kappa shape index (κ1) is 18.0. The molecule has 0 unspecified atom stereocenters. The highest BCUT2D eigenvalue weighted by Crippen LogP contribution is 2.47. The van der Waals surface area contributed by atoms with Gasteiger partial charge in [0.2, 0.25) is 0 Å². The van der Waals surface area contributed by atoms with Crippen LogP contribution in [0, 0.1) is 0 Å². The molecule has 0 saturated heterocycles. The topological polar surface area (TPSA) is 17.6 Å². The second-order valence-corrected chi connectivity index (χ2v) is 10.4. The minimum Gasteiger partial charge on any atom is -0.456 e. The van der Waals surface area contributed by atoms with Crippen LogP contribution in [0.25, 0.3) is 80.1 Å². The molecule has 0 spiro atoms. The minimum atomic E-state index is 0.935. The lowest BCUT2D eigenvalue weighted by Gasteiger charge is -2.12. The van der Waals surface area contributed by atoms with E-state index in [2.05, 4.69) is 102 Å². The zero-order valence-electron chi connectivity index (χ0n) is 18.6. The number of pyridine rings is 1. The molecule has 2 nitrogen and oxygen atoms in total. The van der Waals surface area contributed by atoms with Gasteiger partial charge in [0.25, 0.3) is 0 Å². The average molecular weight is 464 g/mol. The van der Waals surface area contributed by atoms with E-state index >= 15 is 0 Å². The molecule has 4 aromatic heterocycles. The van der Waals surface area contributed by atoms with Crippen LogP contribution in [-0.4, -0.2) is 4.40 Å². The zero-order chi connectivity index (χ0) is 22.7. The van der Waals surface area contributed by atoms with Gasteiger partial charge in [0.05, 0.1) is 11.0 Å². The van der Waals surface area contributed by atoms with Crippen LogP contribution in [0.3, 0.4) is 0 Å². The molecule has 162 valence electrons. The summed E-state index contributed by atoms with van der Waals surface area (Å²) in [5.74, 6) is 0. The average Bonchev–Trinajstić information content (AvgIpc) is 3.59. The lowest BCUT2D eigenvalue weighted by molar-refractivity contribution is 0.669. The van der Waals surface area contributed by atoms with Crippen LogP contribution in [0.15, 0.2) is 108 Å². The molecule has 9 aromatic rings. The Bertz CT molecular complexity index is 2330. The molecular formula is C32H17NOS. The van der Waals surface area contributed by atoms with E-state index in [-0.39, 0.29) is 0 Å². The summed E-state index contributed by atoms with van der Waals surface area (Å²) in [6.07, 6.45) is 2.29. The SMILES string of the molecule is c1ccc2c(c1)cn1c3ccc4oc5ccccc5c4c3c3c(ccc4c5ccccc5sc43)c21. The second kappa shape index (κ2) is 6.21. The van der Waals surface area contributed by atoms with Gasteiger partial charge in [0.15, 0.2) is 0 Å². The molecule has 0 saturated carbocycles. The van der Waals surface area contributed by atoms with E-state index in [0.717, 1.165) is 11.2 Å². The van der Waals surface area contributed by atoms with Gasteiger partial charge in [-0.3, -0.25) is 0 Å². The summed E-state index contributed by atoms with van der Waals surface area (Å²) < 4.78 is 11.4. The molecule has 4 heterocycles. The summed E-state index contributed by atoms with van der Waals surface area (Å²) in [4.78, 5) is 0. The van der Waals surface area contributed by atoms with Gasteiger partial charge >= 0.3 is 0 Å². The number of hydrogen-bond donors (Lipinski definition) is 0. The highest BCUT2D eigenvalue weighted by molar-refractivity contribution is 7.26. The van der Waals surface area contributed by atoms with E-state index < -0.39 is 0 Å². The lowest BCUT2D eigenvalue weighted by atomic mass is 9.97. The number of fused-ring (bicyclic) bond motifs is 16. The van der Waals surface area contributed by atoms with Crippen LogP contribution in [-0.2, 0) is 0 Å². The largest absolute Gasteiger partial charge is 0.456 e. The number of benzene rings is 5. The Hall–Kier alpha value is -4.34. The molecule has 35 heavy (non-hydrogen) atoms. The Kier molecular flexibility index (Phi) is 3.20. The van der Waals surface area contributed by atoms with Crippen molar-refractivity contribution in [3.8, 4) is 0 Å². The maximum atomic E-state index is 6.35. The normalized spacial score (nSPS) is 12.6. The van der Waals surface area contributed by atoms with Crippen LogP contribution in [0.5, 0.6) is 0 Å². The molecule has 0 bridgehead atoms. The maximum absolute atomic E-state index is 6.35. The number of rotatable bonds is 0. The van der Waals surface area contributed by atoms with Crippen LogP contribution in [0.1, 0.15) is 0 Å². The van der Waals surface area contributed by atoms with Crippen LogP contribution in [0.4, 0.5) is 0 Å². The summed E-state index contributed by atoms with van der Waals surface area (Å²) in [6, 6.07) is 34.9. The summed E-state index contributed by atoms with van der Waals surface area (Å²) >= 11 is 1.90. The van der Waals surface area contributed by atoms with Crippen molar-refractivity contribution in [2.75, 3.05) is 0 Å². The first-order chi connectivity index (χ1) is 17.4. The zero-order valence-corrected chi connectivity index (χ0v) is 19.4. The van der Waals surface area contributed by atoms with Crippen LogP contribution < -0.4 is 0 Å². The predicted molar refractivity (Wildman–Crippen MR) is 150 cm³/mol. The van der Waals surface area contributed by atoms with E-state index in [0.29, 0.717) is 0 Å². The van der Waals surface area contributed by atoms with Gasteiger partial charge < -0.3 is 8.82 Å². The van der Waals surface area contributed by atoms with Crippen molar-refractivity contribution < 1.29 is 4.42 Å². The van der Waals surface area contributed by atoms with Crippen LogP contribution in [0.2, 0.25) is 0 Å². The Morgan fingerprint density at radius 1 is 0.543 bits per heavy atom. The summed E-state index contributed by atoms with van der Waals surface area (Å²) in [5, 5.41) is 11.5. The van der Waals surface area contributed by atoms with Crippen molar-refractivity contribution in [1.29, 1.82) is 0 Å². The third-order valence-electron chi connectivity index (χ3n) is 7.56. The van der Waals surface area contributed by atoms with Gasteiger partial charge in [0, 0.05) is 64.1 Å². The first-order valence-electron chi connectivity index (χ1n) is 11.9. The highest BCUT2D eigenvalue weighted by atomic mass is 32.1. The Labute approximate surface area is 203 Å². The van der Waals surface area contributed by atoms with Crippen LogP contribution >= 0.6 is 11.3 Å². The number of hydrogen-bond acceptors (Lipinski definition) is 2. The molecule has 0 N–H and O–H groups in total. The summed E-state index contributed by atoms with van der Waals surface area (Å²) in [5.41, 5.74) is 4.36. The van der Waals surface area contributed by atoms with Crippen molar-refractivity contribution in [2.24, 2.45) is 0 Å². The van der Waals surface area contributed by atoms with Gasteiger partial charge in [-0.1, -0.05) is 72.8 Å². The van der Waals surface area contributed by atoms with Gasteiger partial charge in [-0.05, 0) is 24.3 Å². The van der Waals surface area contributed by atoms with Crippen molar-refractivity contribution in [1.82, 2.24) is 4.40 Å². The van der Waals surface area contributed by atoms with Crippen molar-refractivity contribution in [2.45, 2.75) is 0 Å². The second-order valence-electron chi connectivity index (χ2n) is 9.33. The van der Waals surface area contributed by atoms with Gasteiger partial charge in [0.1, 0.15) is 11.2 Å². The van der Waals surface area contributed by atoms with E-state index in [4.69, 9.17) is 4.42 Å². The highest BCUT2D eigenvalue weighted by Gasteiger charge is 2.20. The molecular weight excluding hydrogens is 446 g/mol. The van der Waals surface area contributed by atoms with Gasteiger partial charge in [-0.2, -0.15) is 0 Å². The smallest absolute Gasteiger partial charge is 0.136 e. The molecule has 0 aliphatic carbocycles. The minimum absolute atomic E-state index is 0.935. The van der Waals surface area contributed by atoms with Crippen molar-refractivity contribution in [3.63, 3.8) is 0 Å². The first-order valence-corrected chi connectivity index (χ1v) is 12.7. The third-order valence-corrected chi connectivity index (χ3v) is 8.76. The summed E-state index contributed by atoms with van der Waals surface area (Å²) in [6.45, 7) is 0. The van der Waals surface area contributed by atoms with E-state index in [1.54, 1.807) is 0 Å². The number of furan rings is 1. The molecule has 0 aliphatic heterocycles. The molecule has 0 amide bonds. The Balaban J connectivity index is 1.71. The molecule has 9 rings (SSSR count). The molecule has 5 aromatic carbocycles. The molecule has 0 atom stereocenters. The fourth-order valence-corrected chi connectivity index (χ4v) is 7.37. The number of nitrogens with zero attached hydrogens (tertiary/aromatic N) is 1. The molecule has 0 fully saturated rings. The maximum Gasteiger partial charge on any atom is 0.136 e. The predicted octanol–water partition coefficient (Wildman–Crippen LogP) is 9.67. The van der Waals surface area contributed by atoms with Crippen molar-refractivity contribution in [3.05, 3.63) is 103 Å². The molecule has 3 heteroatoms. The number of para-hydroxylation sites is 1. The quantitative estimate of drug-likeness (QED) is 0.205. The van der Waals surface area contributed by atoms with Gasteiger partial charge in [-0.25, -0.2) is 0 Å². The van der Waals surface area contributed by atoms with Gasteiger partial charge in [-0.15, -0.1) is 11.3 Å². The molecule has 0 radical (unpaired) electrons. The monoisotopic (exact) mass is 463 g/mol. The summed E-state index contributed by atoms with van der Waals surface area (Å²) in [7, 11) is 0. The fraction of sp³-hybridized carbons (Fsp3) is 0. The van der Waals surface area contributed by atoms with E-state index in [1.807, 2.05) is 17.4 Å². The standard InChI is InChI=1S/C32H17NOS/c1-2-8-19-18(7-1)17-33-24-15-16-26-28(22-10-3-5-11-25(22)34-26)30(24)29-23(31(19)33)14-13-21-20-9-4-6-12-27(20)35-32(21)29/h1-17H. The fourth-order valence-electron chi connectivity index (χ4n) is 6.12. The Morgan fingerprint density at radius 3 is 2.26 bits per heavy atom. The third kappa shape index (κ3) is 2.15.